The number of aliphatic hydroxyl groups is 1. The molecule has 1 aliphatic rings. The lowest BCUT2D eigenvalue weighted by atomic mass is 9.98. The van der Waals surface area contributed by atoms with E-state index in [1.807, 2.05) is 12.1 Å². The summed E-state index contributed by atoms with van der Waals surface area (Å²) in [4.78, 5) is 2.40. The molecule has 1 heterocycles. The summed E-state index contributed by atoms with van der Waals surface area (Å²) in [5.41, 5.74) is 7.22. The van der Waals surface area contributed by atoms with Gasteiger partial charge in [0.15, 0.2) is 0 Å². The smallest absolute Gasteiger partial charge is 0.127 e. The predicted molar refractivity (Wildman–Crippen MR) is 74.0 cm³/mol. The maximum Gasteiger partial charge on any atom is 0.127 e. The molecule has 2 rings (SSSR count). The summed E-state index contributed by atoms with van der Waals surface area (Å²) in [6, 6.07) is 5.65. The highest BCUT2D eigenvalue weighted by atomic mass is 19.1. The van der Waals surface area contributed by atoms with Crippen LogP contribution in [0.15, 0.2) is 18.2 Å². The summed E-state index contributed by atoms with van der Waals surface area (Å²) < 4.78 is 13.4. The lowest BCUT2D eigenvalue weighted by Gasteiger charge is -2.35. The van der Waals surface area contributed by atoms with Crippen molar-refractivity contribution in [2.45, 2.75) is 44.8 Å². The Morgan fingerprint density at radius 1 is 1.37 bits per heavy atom. The topological polar surface area (TPSA) is 49.5 Å². The van der Waals surface area contributed by atoms with Gasteiger partial charge in [0.2, 0.25) is 0 Å². The van der Waals surface area contributed by atoms with Crippen molar-refractivity contribution in [2.75, 3.05) is 13.2 Å². The molecule has 1 fully saturated rings. The number of likely N-dealkylation sites (tertiary alicyclic amines) is 1. The number of piperidine rings is 1. The first-order valence-corrected chi connectivity index (χ1v) is 7.07. The van der Waals surface area contributed by atoms with E-state index in [1.165, 1.54) is 18.9 Å². The molecule has 1 aromatic carbocycles. The molecule has 0 bridgehead atoms. The number of halogens is 1. The molecule has 106 valence electrons. The Balaban J connectivity index is 2.06. The van der Waals surface area contributed by atoms with Crippen LogP contribution in [0, 0.1) is 5.82 Å². The number of hydrogen-bond acceptors (Lipinski definition) is 3. The van der Waals surface area contributed by atoms with Crippen molar-refractivity contribution < 1.29 is 9.50 Å². The quantitative estimate of drug-likeness (QED) is 0.857. The van der Waals surface area contributed by atoms with Gasteiger partial charge < -0.3 is 10.8 Å². The monoisotopic (exact) mass is 266 g/mol. The van der Waals surface area contributed by atoms with E-state index >= 15 is 0 Å². The van der Waals surface area contributed by atoms with E-state index in [0.29, 0.717) is 11.6 Å². The van der Waals surface area contributed by atoms with Gasteiger partial charge in [0, 0.05) is 31.3 Å². The van der Waals surface area contributed by atoms with Crippen LogP contribution < -0.4 is 5.73 Å². The molecule has 0 saturated carbocycles. The second kappa shape index (κ2) is 6.98. The highest BCUT2D eigenvalue weighted by Gasteiger charge is 2.21. The van der Waals surface area contributed by atoms with Crippen LogP contribution >= 0.6 is 0 Å². The third kappa shape index (κ3) is 3.75. The lowest BCUT2D eigenvalue weighted by molar-refractivity contribution is 0.112. The Kier molecular flexibility index (Phi) is 5.31. The molecule has 0 amide bonds. The largest absolute Gasteiger partial charge is 0.396 e. The SMILES string of the molecule is NCc1cc(CN2CCCCC2CCO)ccc1F. The van der Waals surface area contributed by atoms with Crippen molar-refractivity contribution in [1.29, 1.82) is 0 Å². The minimum Gasteiger partial charge on any atom is -0.396 e. The number of hydrogen-bond donors (Lipinski definition) is 2. The maximum absolute atomic E-state index is 13.4. The molecule has 3 N–H and O–H groups in total. The Bertz CT molecular complexity index is 409. The summed E-state index contributed by atoms with van der Waals surface area (Å²) in [6.07, 6.45) is 4.40. The van der Waals surface area contributed by atoms with Crippen molar-refractivity contribution in [3.05, 3.63) is 35.1 Å². The van der Waals surface area contributed by atoms with Crippen molar-refractivity contribution in [1.82, 2.24) is 4.90 Å². The number of benzene rings is 1. The van der Waals surface area contributed by atoms with Crippen LogP contribution in [-0.4, -0.2) is 29.2 Å². The lowest BCUT2D eigenvalue weighted by Crippen LogP contribution is -2.39. The van der Waals surface area contributed by atoms with Crippen LogP contribution in [0.4, 0.5) is 4.39 Å². The summed E-state index contributed by atoms with van der Waals surface area (Å²) >= 11 is 0. The van der Waals surface area contributed by atoms with Crippen LogP contribution in [-0.2, 0) is 13.1 Å². The van der Waals surface area contributed by atoms with Crippen LogP contribution in [0.2, 0.25) is 0 Å². The summed E-state index contributed by atoms with van der Waals surface area (Å²) in [5.74, 6) is -0.225. The minimum absolute atomic E-state index is 0.225. The van der Waals surface area contributed by atoms with Gasteiger partial charge >= 0.3 is 0 Å². The highest BCUT2D eigenvalue weighted by molar-refractivity contribution is 5.25. The van der Waals surface area contributed by atoms with Gasteiger partial charge in [-0.15, -0.1) is 0 Å². The number of aliphatic hydroxyl groups excluding tert-OH is 1. The standard InChI is InChI=1S/C15H23FN2O/c16-15-5-4-12(9-13(15)10-17)11-18-7-2-1-3-14(18)6-8-19/h4-5,9,14,19H,1-3,6-8,10-11,17H2. The Morgan fingerprint density at radius 3 is 2.95 bits per heavy atom. The first-order chi connectivity index (χ1) is 9.24. The Morgan fingerprint density at radius 2 is 2.21 bits per heavy atom. The maximum atomic E-state index is 13.4. The molecule has 0 radical (unpaired) electrons. The zero-order chi connectivity index (χ0) is 13.7. The first-order valence-electron chi connectivity index (χ1n) is 7.07. The van der Waals surface area contributed by atoms with Gasteiger partial charge in [-0.05, 0) is 37.4 Å². The molecule has 3 nitrogen and oxygen atoms in total. The minimum atomic E-state index is -0.225. The van der Waals surface area contributed by atoms with Gasteiger partial charge in [0.25, 0.3) is 0 Å². The number of nitrogens with zero attached hydrogens (tertiary/aromatic N) is 1. The number of nitrogens with two attached hydrogens (primary N) is 1. The molecule has 0 aliphatic carbocycles. The van der Waals surface area contributed by atoms with E-state index in [-0.39, 0.29) is 19.0 Å². The summed E-state index contributed by atoms with van der Waals surface area (Å²) in [7, 11) is 0. The first kappa shape index (κ1) is 14.4. The molecule has 1 atom stereocenters. The molecule has 0 spiro atoms. The van der Waals surface area contributed by atoms with Crippen molar-refractivity contribution in [3.8, 4) is 0 Å². The van der Waals surface area contributed by atoms with E-state index < -0.39 is 0 Å². The summed E-state index contributed by atoms with van der Waals surface area (Å²) in [5, 5.41) is 9.13. The van der Waals surface area contributed by atoms with Gasteiger partial charge in [-0.3, -0.25) is 4.90 Å². The average molecular weight is 266 g/mol. The van der Waals surface area contributed by atoms with Gasteiger partial charge in [-0.1, -0.05) is 18.6 Å². The van der Waals surface area contributed by atoms with Gasteiger partial charge in [0.1, 0.15) is 5.82 Å². The fourth-order valence-corrected chi connectivity index (χ4v) is 2.86. The molecule has 19 heavy (non-hydrogen) atoms. The zero-order valence-corrected chi connectivity index (χ0v) is 11.3. The van der Waals surface area contributed by atoms with Gasteiger partial charge in [0.05, 0.1) is 0 Å². The van der Waals surface area contributed by atoms with Crippen LogP contribution in [0.3, 0.4) is 0 Å². The second-order valence-electron chi connectivity index (χ2n) is 5.26. The molecule has 1 aromatic rings. The molecular formula is C15H23FN2O. The third-order valence-electron chi connectivity index (χ3n) is 3.93. The van der Waals surface area contributed by atoms with Gasteiger partial charge in [-0.25, -0.2) is 4.39 Å². The Labute approximate surface area is 114 Å². The normalized spacial score (nSPS) is 20.7. The fourth-order valence-electron chi connectivity index (χ4n) is 2.86. The molecule has 1 saturated heterocycles. The predicted octanol–water partition coefficient (Wildman–Crippen LogP) is 2.02. The van der Waals surface area contributed by atoms with E-state index in [0.717, 1.165) is 31.5 Å². The van der Waals surface area contributed by atoms with Crippen LogP contribution in [0.25, 0.3) is 0 Å². The Hall–Kier alpha value is -0.970. The molecule has 1 unspecified atom stereocenters. The molecule has 0 aromatic heterocycles. The van der Waals surface area contributed by atoms with E-state index in [4.69, 9.17) is 10.8 Å². The fraction of sp³-hybridized carbons (Fsp3) is 0.600. The van der Waals surface area contributed by atoms with E-state index in [1.54, 1.807) is 0 Å². The third-order valence-corrected chi connectivity index (χ3v) is 3.93. The van der Waals surface area contributed by atoms with Crippen molar-refractivity contribution in [2.24, 2.45) is 5.73 Å². The molecule has 1 aliphatic heterocycles. The van der Waals surface area contributed by atoms with E-state index in [2.05, 4.69) is 4.90 Å². The van der Waals surface area contributed by atoms with Gasteiger partial charge in [-0.2, -0.15) is 0 Å². The zero-order valence-electron chi connectivity index (χ0n) is 11.3. The van der Waals surface area contributed by atoms with Crippen LogP contribution in [0.5, 0.6) is 0 Å². The molecule has 4 heteroatoms. The van der Waals surface area contributed by atoms with Crippen LogP contribution in [0.1, 0.15) is 36.8 Å². The number of rotatable bonds is 5. The average Bonchev–Trinajstić information content (AvgIpc) is 2.43. The summed E-state index contributed by atoms with van der Waals surface area (Å²) in [6.45, 7) is 2.34. The molecular weight excluding hydrogens is 243 g/mol. The highest BCUT2D eigenvalue weighted by Crippen LogP contribution is 2.22. The van der Waals surface area contributed by atoms with Crippen molar-refractivity contribution in [3.63, 3.8) is 0 Å². The van der Waals surface area contributed by atoms with Crippen molar-refractivity contribution >= 4 is 0 Å². The van der Waals surface area contributed by atoms with E-state index in [9.17, 15) is 4.39 Å². The second-order valence-corrected chi connectivity index (χ2v) is 5.26.